The minimum Gasteiger partial charge on any atom is -0.493 e. The summed E-state index contributed by atoms with van der Waals surface area (Å²) in [6.45, 7) is 5.46. The minimum absolute atomic E-state index is 0.213. The fraction of sp³-hybridized carbons (Fsp3) is 0.800. The predicted molar refractivity (Wildman–Crippen MR) is 198 cm³/mol. The molecule has 0 aromatic heterocycles. The van der Waals surface area contributed by atoms with Gasteiger partial charge in [0.15, 0.2) is 0 Å². The number of hydrogen-bond acceptors (Lipinski definition) is 4. The molecule has 0 unspecified atom stereocenters. The van der Waals surface area contributed by atoms with Crippen molar-refractivity contribution in [2.45, 2.75) is 194 Å². The first-order valence-electron chi connectivity index (χ1n) is 19.3. The molecule has 4 nitrogen and oxygen atoms in total. The van der Waals surface area contributed by atoms with Crippen LogP contribution in [0.4, 0.5) is 0 Å². The van der Waals surface area contributed by atoms with Gasteiger partial charge in [-0.1, -0.05) is 181 Å². The molecule has 0 N–H and O–H groups in total. The van der Waals surface area contributed by atoms with Gasteiger partial charge in [0.1, 0.15) is 11.5 Å². The van der Waals surface area contributed by atoms with Crippen molar-refractivity contribution in [1.82, 2.24) is 0 Å². The lowest BCUT2D eigenvalue weighted by atomic mass is 10.0. The molecule has 1 rings (SSSR count). The number of ether oxygens (including phenoxy) is 2. The number of halogens is 2. The Hall–Kier alpha value is -1.26. The van der Waals surface area contributed by atoms with Crippen LogP contribution in [-0.2, 0) is 0 Å². The number of carbonyl (C=O) groups excluding carboxylic acids is 2. The minimum atomic E-state index is -0.633. The second-order valence-electron chi connectivity index (χ2n) is 13.3. The number of rotatable bonds is 34. The maximum atomic E-state index is 12.2. The maximum Gasteiger partial charge on any atom is 0.256 e. The first kappa shape index (κ1) is 42.8. The number of carbonyl (C=O) groups is 2. The van der Waals surface area contributed by atoms with Crippen LogP contribution < -0.4 is 9.47 Å². The molecule has 0 atom stereocenters. The van der Waals surface area contributed by atoms with Gasteiger partial charge in [0.05, 0.1) is 24.3 Å². The van der Waals surface area contributed by atoms with Crippen LogP contribution in [0.5, 0.6) is 11.5 Å². The summed E-state index contributed by atoms with van der Waals surface area (Å²) in [6.07, 6.45) is 36.0. The Bertz CT molecular complexity index is 816. The van der Waals surface area contributed by atoms with Crippen molar-refractivity contribution in [1.29, 1.82) is 0 Å². The fourth-order valence-electron chi connectivity index (χ4n) is 6.06. The Morgan fingerprint density at radius 1 is 0.413 bits per heavy atom. The van der Waals surface area contributed by atoms with Crippen molar-refractivity contribution in [3.8, 4) is 11.5 Å². The molecule has 1 aromatic carbocycles. The number of hydrogen-bond donors (Lipinski definition) is 0. The number of unbranched alkanes of at least 4 members (excludes halogenated alkanes) is 26. The van der Waals surface area contributed by atoms with Crippen LogP contribution in [0.15, 0.2) is 12.1 Å². The van der Waals surface area contributed by atoms with Crippen LogP contribution >= 0.6 is 23.2 Å². The predicted octanol–water partition coefficient (Wildman–Crippen LogP) is 14.2. The Balaban J connectivity index is 2.23. The zero-order valence-electron chi connectivity index (χ0n) is 29.8. The molecule has 0 amide bonds. The molecule has 0 spiro atoms. The molecule has 46 heavy (non-hydrogen) atoms. The van der Waals surface area contributed by atoms with Gasteiger partial charge in [0.2, 0.25) is 0 Å². The second kappa shape index (κ2) is 31.0. The van der Waals surface area contributed by atoms with E-state index in [2.05, 4.69) is 13.8 Å². The quantitative estimate of drug-likeness (QED) is 0.0536. The largest absolute Gasteiger partial charge is 0.493 e. The highest BCUT2D eigenvalue weighted by molar-refractivity contribution is 6.69. The third-order valence-electron chi connectivity index (χ3n) is 9.02. The molecule has 0 fully saturated rings. The van der Waals surface area contributed by atoms with Gasteiger partial charge in [-0.05, 0) is 48.2 Å². The lowest BCUT2D eigenvalue weighted by Crippen LogP contribution is -2.07. The maximum absolute atomic E-state index is 12.2. The van der Waals surface area contributed by atoms with E-state index < -0.39 is 10.5 Å². The monoisotopic (exact) mass is 682 g/mol. The SMILES string of the molecule is CCCCCCCCCCCCCCCCOc1cc(C(=O)Cl)c(OCCCCCCCCCCCCCCCC)cc1C(=O)Cl. The van der Waals surface area contributed by atoms with Gasteiger partial charge >= 0.3 is 0 Å². The van der Waals surface area contributed by atoms with E-state index in [1.165, 1.54) is 166 Å². The summed E-state index contributed by atoms with van der Waals surface area (Å²) in [5, 5.41) is -1.27. The zero-order valence-corrected chi connectivity index (χ0v) is 31.3. The van der Waals surface area contributed by atoms with E-state index in [-0.39, 0.29) is 11.1 Å². The molecule has 0 aliphatic rings. The normalized spacial score (nSPS) is 11.2. The van der Waals surface area contributed by atoms with Crippen molar-refractivity contribution in [3.05, 3.63) is 23.3 Å². The zero-order chi connectivity index (χ0) is 33.5. The highest BCUT2D eigenvalue weighted by Crippen LogP contribution is 2.32. The van der Waals surface area contributed by atoms with Crippen molar-refractivity contribution >= 4 is 33.7 Å². The molecule has 266 valence electrons. The molecule has 0 saturated carbocycles. The Kier molecular flexibility index (Phi) is 28.9. The lowest BCUT2D eigenvalue weighted by Gasteiger charge is -2.15. The molecular formula is C40H68Cl2O4. The molecular weight excluding hydrogens is 615 g/mol. The average Bonchev–Trinajstić information content (AvgIpc) is 3.04. The van der Waals surface area contributed by atoms with E-state index in [1.807, 2.05) is 0 Å². The van der Waals surface area contributed by atoms with Gasteiger partial charge in [-0.3, -0.25) is 9.59 Å². The van der Waals surface area contributed by atoms with Gasteiger partial charge in [0, 0.05) is 0 Å². The van der Waals surface area contributed by atoms with E-state index in [1.54, 1.807) is 0 Å². The van der Waals surface area contributed by atoms with Crippen molar-refractivity contribution in [2.75, 3.05) is 13.2 Å². The molecule has 0 saturated heterocycles. The molecule has 0 aliphatic heterocycles. The standard InChI is InChI=1S/C40H68Cl2O4/c1-3-5-7-9-11-13-15-17-19-21-23-25-27-29-31-45-37-33-36(40(42)44)38(34-35(37)39(41)43)46-32-30-28-26-24-22-20-18-16-14-12-10-8-6-4-2/h33-34H,3-32H2,1-2H3. The van der Waals surface area contributed by atoms with Gasteiger partial charge in [0.25, 0.3) is 10.5 Å². The van der Waals surface area contributed by atoms with E-state index in [0.29, 0.717) is 24.7 Å². The third kappa shape index (κ3) is 23.1. The lowest BCUT2D eigenvalue weighted by molar-refractivity contribution is 0.106. The summed E-state index contributed by atoms with van der Waals surface area (Å²) >= 11 is 11.8. The molecule has 0 heterocycles. The second-order valence-corrected chi connectivity index (χ2v) is 14.0. The number of benzene rings is 1. The highest BCUT2D eigenvalue weighted by Gasteiger charge is 2.20. The van der Waals surface area contributed by atoms with Crippen molar-refractivity contribution in [3.63, 3.8) is 0 Å². The van der Waals surface area contributed by atoms with E-state index >= 15 is 0 Å². The van der Waals surface area contributed by atoms with Crippen LogP contribution in [0.1, 0.15) is 214 Å². The van der Waals surface area contributed by atoms with Crippen LogP contribution in [0.25, 0.3) is 0 Å². The Morgan fingerprint density at radius 2 is 0.630 bits per heavy atom. The van der Waals surface area contributed by atoms with Crippen LogP contribution in [0, 0.1) is 0 Å². The first-order chi connectivity index (χ1) is 22.5. The van der Waals surface area contributed by atoms with E-state index in [0.717, 1.165) is 25.7 Å². The summed E-state index contributed by atoms with van der Waals surface area (Å²) < 4.78 is 11.8. The van der Waals surface area contributed by atoms with Gasteiger partial charge < -0.3 is 9.47 Å². The topological polar surface area (TPSA) is 52.6 Å². The van der Waals surface area contributed by atoms with E-state index in [4.69, 9.17) is 32.7 Å². The highest BCUT2D eigenvalue weighted by atomic mass is 35.5. The van der Waals surface area contributed by atoms with E-state index in [9.17, 15) is 9.59 Å². The summed E-state index contributed by atoms with van der Waals surface area (Å²) in [5.41, 5.74) is 0.425. The summed E-state index contributed by atoms with van der Waals surface area (Å²) in [5.74, 6) is 0.588. The summed E-state index contributed by atoms with van der Waals surface area (Å²) in [4.78, 5) is 24.4. The van der Waals surface area contributed by atoms with Crippen molar-refractivity contribution < 1.29 is 19.1 Å². The molecule has 1 aromatic rings. The summed E-state index contributed by atoms with van der Waals surface area (Å²) in [6, 6.07) is 3.02. The van der Waals surface area contributed by atoms with Gasteiger partial charge in [-0.2, -0.15) is 0 Å². The summed E-state index contributed by atoms with van der Waals surface area (Å²) in [7, 11) is 0. The van der Waals surface area contributed by atoms with Crippen LogP contribution in [0.3, 0.4) is 0 Å². The Morgan fingerprint density at radius 3 is 0.848 bits per heavy atom. The van der Waals surface area contributed by atoms with Gasteiger partial charge in [-0.15, -0.1) is 0 Å². The van der Waals surface area contributed by atoms with Crippen LogP contribution in [0.2, 0.25) is 0 Å². The fourth-order valence-corrected chi connectivity index (χ4v) is 6.36. The molecule has 0 bridgehead atoms. The average molecular weight is 684 g/mol. The van der Waals surface area contributed by atoms with Gasteiger partial charge in [-0.25, -0.2) is 0 Å². The van der Waals surface area contributed by atoms with Crippen molar-refractivity contribution in [2.24, 2.45) is 0 Å². The van der Waals surface area contributed by atoms with Crippen LogP contribution in [-0.4, -0.2) is 23.7 Å². The smallest absolute Gasteiger partial charge is 0.256 e. The molecule has 0 radical (unpaired) electrons. The molecule has 0 aliphatic carbocycles. The Labute approximate surface area is 293 Å². The third-order valence-corrected chi connectivity index (χ3v) is 9.42. The molecule has 6 heteroatoms. The first-order valence-corrected chi connectivity index (χ1v) is 20.1.